The molecular formula is C20H20N2O4S2. The van der Waals surface area contributed by atoms with Gasteiger partial charge in [0.15, 0.2) is 0 Å². The number of nitrogens with zero attached hydrogens (tertiary/aromatic N) is 1. The Morgan fingerprint density at radius 1 is 1.14 bits per heavy atom. The van der Waals surface area contributed by atoms with Crippen molar-refractivity contribution in [2.45, 2.75) is 5.75 Å². The summed E-state index contributed by atoms with van der Waals surface area (Å²) < 4.78 is 23.0. The highest BCUT2D eigenvalue weighted by molar-refractivity contribution is 7.84. The smallest absolute Gasteiger partial charge is 0.237 e. The number of nitrogens with one attached hydrogen (secondary N) is 1. The summed E-state index contributed by atoms with van der Waals surface area (Å²) in [5.74, 6) is 1.22. The van der Waals surface area contributed by atoms with Gasteiger partial charge in [0.25, 0.3) is 0 Å². The lowest BCUT2D eigenvalue weighted by molar-refractivity contribution is -0.113. The number of hydrogen-bond acceptors (Lipinski definition) is 6. The third-order valence-corrected chi connectivity index (χ3v) is 5.98. The van der Waals surface area contributed by atoms with Gasteiger partial charge < -0.3 is 14.8 Å². The molecule has 1 heterocycles. The minimum atomic E-state index is -1.35. The molecular weight excluding hydrogens is 396 g/mol. The summed E-state index contributed by atoms with van der Waals surface area (Å²) in [5.41, 5.74) is 2.21. The quantitative estimate of drug-likeness (QED) is 0.606. The molecule has 3 rings (SSSR count). The Bertz CT molecular complexity index is 973. The first-order valence-corrected chi connectivity index (χ1v) is 10.8. The van der Waals surface area contributed by atoms with E-state index in [4.69, 9.17) is 9.47 Å². The van der Waals surface area contributed by atoms with E-state index >= 15 is 0 Å². The van der Waals surface area contributed by atoms with Gasteiger partial charge in [-0.2, -0.15) is 0 Å². The first-order valence-electron chi connectivity index (χ1n) is 8.45. The zero-order valence-corrected chi connectivity index (χ0v) is 17.1. The molecule has 146 valence electrons. The molecule has 0 fully saturated rings. The van der Waals surface area contributed by atoms with Gasteiger partial charge in [0, 0.05) is 27.9 Å². The molecule has 6 nitrogen and oxygen atoms in total. The SMILES string of the molecule is COc1ccc(-c2nc(C[S@](=O)CC(=O)Nc3ccccc3)cs2)c(OC)c1. The second-order valence-corrected chi connectivity index (χ2v) is 8.17. The molecule has 1 aromatic heterocycles. The fraction of sp³-hybridized carbons (Fsp3) is 0.200. The number of aromatic nitrogens is 1. The molecule has 1 N–H and O–H groups in total. The van der Waals surface area contributed by atoms with Gasteiger partial charge in [-0.3, -0.25) is 9.00 Å². The number of thiazole rings is 1. The molecule has 0 unspecified atom stereocenters. The van der Waals surface area contributed by atoms with Crippen molar-refractivity contribution in [1.29, 1.82) is 0 Å². The van der Waals surface area contributed by atoms with Gasteiger partial charge in [-0.05, 0) is 24.3 Å². The number of carbonyl (C=O) groups excluding carboxylic acids is 1. The Balaban J connectivity index is 1.63. The van der Waals surface area contributed by atoms with Crippen LogP contribution in [0, 0.1) is 0 Å². The van der Waals surface area contributed by atoms with E-state index in [0.29, 0.717) is 22.9 Å². The van der Waals surface area contributed by atoms with Crippen molar-refractivity contribution in [3.63, 3.8) is 0 Å². The molecule has 0 radical (unpaired) electrons. The molecule has 2 aromatic carbocycles. The molecule has 0 saturated carbocycles. The summed E-state index contributed by atoms with van der Waals surface area (Å²) in [6.07, 6.45) is 0. The van der Waals surface area contributed by atoms with Crippen molar-refractivity contribution in [3.05, 3.63) is 59.6 Å². The minimum Gasteiger partial charge on any atom is -0.497 e. The van der Waals surface area contributed by atoms with Crippen LogP contribution in [0.15, 0.2) is 53.9 Å². The van der Waals surface area contributed by atoms with E-state index in [1.807, 2.05) is 35.7 Å². The van der Waals surface area contributed by atoms with Crippen LogP contribution in [0.2, 0.25) is 0 Å². The number of carbonyl (C=O) groups is 1. The summed E-state index contributed by atoms with van der Waals surface area (Å²) in [7, 11) is 1.84. The molecule has 0 saturated heterocycles. The predicted octanol–water partition coefficient (Wildman–Crippen LogP) is 3.71. The number of hydrogen-bond donors (Lipinski definition) is 1. The van der Waals surface area contributed by atoms with Crippen molar-refractivity contribution in [3.8, 4) is 22.1 Å². The van der Waals surface area contributed by atoms with E-state index in [-0.39, 0.29) is 17.4 Å². The summed E-state index contributed by atoms with van der Waals surface area (Å²) in [6.45, 7) is 0. The van der Waals surface area contributed by atoms with Gasteiger partial charge in [0.1, 0.15) is 22.3 Å². The number of anilines is 1. The van der Waals surface area contributed by atoms with Gasteiger partial charge in [0.2, 0.25) is 5.91 Å². The van der Waals surface area contributed by atoms with E-state index in [1.165, 1.54) is 11.3 Å². The third-order valence-electron chi connectivity index (χ3n) is 3.85. The fourth-order valence-electron chi connectivity index (χ4n) is 2.55. The molecule has 8 heteroatoms. The van der Waals surface area contributed by atoms with Crippen molar-refractivity contribution in [2.75, 3.05) is 25.3 Å². The van der Waals surface area contributed by atoms with Gasteiger partial charge in [-0.15, -0.1) is 11.3 Å². The topological polar surface area (TPSA) is 77.5 Å². The second-order valence-electron chi connectivity index (χ2n) is 5.85. The summed E-state index contributed by atoms with van der Waals surface area (Å²) in [5, 5.41) is 5.35. The van der Waals surface area contributed by atoms with E-state index in [1.54, 1.807) is 32.4 Å². The number of para-hydroxylation sites is 1. The van der Waals surface area contributed by atoms with Crippen molar-refractivity contribution in [2.24, 2.45) is 0 Å². The lowest BCUT2D eigenvalue weighted by Crippen LogP contribution is -2.20. The van der Waals surface area contributed by atoms with Crippen LogP contribution < -0.4 is 14.8 Å². The molecule has 0 aliphatic heterocycles. The number of rotatable bonds is 8. The standard InChI is InChI=1S/C20H20N2O4S2/c1-25-16-8-9-17(18(10-16)26-2)20-22-15(11-27-20)12-28(24)13-19(23)21-14-6-4-3-5-7-14/h3-11H,12-13H2,1-2H3,(H,21,23)/t28-/m0/s1. The average molecular weight is 417 g/mol. The van der Waals surface area contributed by atoms with E-state index in [0.717, 1.165) is 10.6 Å². The summed E-state index contributed by atoms with van der Waals surface area (Å²) >= 11 is 1.44. The Morgan fingerprint density at radius 3 is 2.64 bits per heavy atom. The molecule has 0 aliphatic rings. The zero-order chi connectivity index (χ0) is 19.9. The third kappa shape index (κ3) is 5.17. The minimum absolute atomic E-state index is 0.0758. The lowest BCUT2D eigenvalue weighted by atomic mass is 10.2. The van der Waals surface area contributed by atoms with Gasteiger partial charge in [-0.25, -0.2) is 4.98 Å². The van der Waals surface area contributed by atoms with Crippen LogP contribution in [-0.2, 0) is 21.3 Å². The van der Waals surface area contributed by atoms with Crippen LogP contribution in [0.25, 0.3) is 10.6 Å². The second kappa shape index (κ2) is 9.48. The molecule has 1 atom stereocenters. The fourth-order valence-corrected chi connectivity index (χ4v) is 4.45. The molecule has 0 aliphatic carbocycles. The van der Waals surface area contributed by atoms with Gasteiger partial charge in [-0.1, -0.05) is 18.2 Å². The predicted molar refractivity (Wildman–Crippen MR) is 112 cm³/mol. The number of benzene rings is 2. The lowest BCUT2D eigenvalue weighted by Gasteiger charge is -2.08. The monoisotopic (exact) mass is 416 g/mol. The van der Waals surface area contributed by atoms with Gasteiger partial charge >= 0.3 is 0 Å². The van der Waals surface area contributed by atoms with E-state index in [2.05, 4.69) is 10.3 Å². The highest BCUT2D eigenvalue weighted by Crippen LogP contribution is 2.35. The van der Waals surface area contributed by atoms with Crippen LogP contribution in [0.1, 0.15) is 5.69 Å². The Morgan fingerprint density at radius 2 is 1.93 bits per heavy atom. The zero-order valence-electron chi connectivity index (χ0n) is 15.5. The largest absolute Gasteiger partial charge is 0.497 e. The molecule has 28 heavy (non-hydrogen) atoms. The summed E-state index contributed by atoms with van der Waals surface area (Å²) in [4.78, 5) is 16.6. The molecule has 1 amide bonds. The van der Waals surface area contributed by atoms with Crippen LogP contribution >= 0.6 is 11.3 Å². The van der Waals surface area contributed by atoms with Crippen molar-refractivity contribution in [1.82, 2.24) is 4.98 Å². The Labute approximate surface area is 170 Å². The van der Waals surface area contributed by atoms with Gasteiger partial charge in [0.05, 0.1) is 31.2 Å². The number of ether oxygens (including phenoxy) is 2. The maximum atomic E-state index is 12.3. The van der Waals surface area contributed by atoms with Crippen molar-refractivity contribution >= 4 is 33.7 Å². The van der Waals surface area contributed by atoms with Crippen LogP contribution in [0.3, 0.4) is 0 Å². The molecule has 3 aromatic rings. The maximum absolute atomic E-state index is 12.3. The van der Waals surface area contributed by atoms with E-state index < -0.39 is 10.8 Å². The maximum Gasteiger partial charge on any atom is 0.237 e. The normalized spacial score (nSPS) is 11.6. The first-order chi connectivity index (χ1) is 13.6. The number of amides is 1. The average Bonchev–Trinajstić information content (AvgIpc) is 3.16. The highest BCUT2D eigenvalue weighted by atomic mass is 32.2. The van der Waals surface area contributed by atoms with Crippen LogP contribution in [0.4, 0.5) is 5.69 Å². The van der Waals surface area contributed by atoms with Crippen molar-refractivity contribution < 1.29 is 18.5 Å². The van der Waals surface area contributed by atoms with E-state index in [9.17, 15) is 9.00 Å². The highest BCUT2D eigenvalue weighted by Gasteiger charge is 2.14. The summed E-state index contributed by atoms with van der Waals surface area (Å²) in [6, 6.07) is 14.6. The van der Waals surface area contributed by atoms with Crippen LogP contribution in [0.5, 0.6) is 11.5 Å². The Kier molecular flexibility index (Phi) is 6.78. The Hall–Kier alpha value is -2.71. The first kappa shape index (κ1) is 20.0. The number of methoxy groups -OCH3 is 2. The van der Waals surface area contributed by atoms with Crippen LogP contribution in [-0.4, -0.2) is 35.1 Å². The molecule has 0 spiro atoms. The molecule has 0 bridgehead atoms.